The predicted molar refractivity (Wildman–Crippen MR) is 58.4 cm³/mol. The number of nitrogens with two attached hydrogens (primary N) is 1. The highest BCUT2D eigenvalue weighted by Crippen LogP contribution is 2.13. The minimum absolute atomic E-state index is 0.385. The average molecular weight is 192 g/mol. The normalized spacial score (nSPS) is 9.79. The van der Waals surface area contributed by atoms with Crippen molar-refractivity contribution in [2.75, 3.05) is 11.9 Å². The molecule has 0 aliphatic rings. The van der Waals surface area contributed by atoms with Gasteiger partial charge in [-0.05, 0) is 18.6 Å². The maximum atomic E-state index is 11.0. The van der Waals surface area contributed by atoms with Gasteiger partial charge in [-0.1, -0.05) is 25.5 Å². The van der Waals surface area contributed by atoms with Gasteiger partial charge in [0.25, 0.3) is 5.91 Å². The van der Waals surface area contributed by atoms with Gasteiger partial charge in [0.15, 0.2) is 0 Å². The summed E-state index contributed by atoms with van der Waals surface area (Å²) in [5.41, 5.74) is 6.63. The SMILES string of the molecule is CCCCNc1ccccc1C(N)=O. The van der Waals surface area contributed by atoms with E-state index in [0.717, 1.165) is 25.1 Å². The molecule has 3 nitrogen and oxygen atoms in total. The molecular weight excluding hydrogens is 176 g/mol. The number of anilines is 1. The van der Waals surface area contributed by atoms with Gasteiger partial charge in [0.2, 0.25) is 0 Å². The van der Waals surface area contributed by atoms with Crippen LogP contribution in [0.15, 0.2) is 24.3 Å². The highest BCUT2D eigenvalue weighted by atomic mass is 16.1. The number of carbonyl (C=O) groups is 1. The molecule has 3 N–H and O–H groups in total. The fraction of sp³-hybridized carbons (Fsp3) is 0.364. The molecule has 0 fully saturated rings. The molecule has 1 aromatic carbocycles. The fourth-order valence-corrected chi connectivity index (χ4v) is 1.25. The Morgan fingerprint density at radius 2 is 2.14 bits per heavy atom. The fourth-order valence-electron chi connectivity index (χ4n) is 1.25. The average Bonchev–Trinajstić information content (AvgIpc) is 2.19. The standard InChI is InChI=1S/C11H16N2O/c1-2-3-8-13-10-7-5-4-6-9(10)11(12)14/h4-7,13H,2-3,8H2,1H3,(H2,12,14). The van der Waals surface area contributed by atoms with Crippen molar-refractivity contribution in [1.82, 2.24) is 0 Å². The Morgan fingerprint density at radius 1 is 1.43 bits per heavy atom. The molecule has 76 valence electrons. The molecular formula is C11H16N2O. The van der Waals surface area contributed by atoms with Gasteiger partial charge >= 0.3 is 0 Å². The quantitative estimate of drug-likeness (QED) is 0.701. The van der Waals surface area contributed by atoms with Crippen molar-refractivity contribution < 1.29 is 4.79 Å². The third-order valence-corrected chi connectivity index (χ3v) is 2.04. The van der Waals surface area contributed by atoms with Crippen LogP contribution >= 0.6 is 0 Å². The Labute approximate surface area is 84.3 Å². The second kappa shape index (κ2) is 5.27. The number of hydrogen-bond acceptors (Lipinski definition) is 2. The zero-order valence-corrected chi connectivity index (χ0v) is 8.42. The highest BCUT2D eigenvalue weighted by molar-refractivity contribution is 5.98. The number of rotatable bonds is 5. The smallest absolute Gasteiger partial charge is 0.250 e. The van der Waals surface area contributed by atoms with Crippen molar-refractivity contribution in [3.05, 3.63) is 29.8 Å². The number of nitrogens with one attached hydrogen (secondary N) is 1. The van der Waals surface area contributed by atoms with Crippen molar-refractivity contribution in [2.45, 2.75) is 19.8 Å². The van der Waals surface area contributed by atoms with E-state index in [2.05, 4.69) is 12.2 Å². The Morgan fingerprint density at radius 3 is 2.79 bits per heavy atom. The van der Waals surface area contributed by atoms with Gasteiger partial charge in [0.05, 0.1) is 5.56 Å². The molecule has 1 rings (SSSR count). The summed E-state index contributed by atoms with van der Waals surface area (Å²) in [5, 5.41) is 3.19. The number of benzene rings is 1. The summed E-state index contributed by atoms with van der Waals surface area (Å²) in [6.07, 6.45) is 2.22. The molecule has 0 saturated heterocycles. The zero-order chi connectivity index (χ0) is 10.4. The van der Waals surface area contributed by atoms with Gasteiger partial charge in [0.1, 0.15) is 0 Å². The molecule has 0 saturated carbocycles. The van der Waals surface area contributed by atoms with E-state index < -0.39 is 0 Å². The molecule has 0 atom stereocenters. The first-order valence-electron chi connectivity index (χ1n) is 4.88. The van der Waals surface area contributed by atoms with E-state index in [4.69, 9.17) is 5.73 Å². The molecule has 1 aromatic rings. The third-order valence-electron chi connectivity index (χ3n) is 2.04. The van der Waals surface area contributed by atoms with Crippen LogP contribution in [0.1, 0.15) is 30.1 Å². The first-order chi connectivity index (χ1) is 6.75. The van der Waals surface area contributed by atoms with Crippen LogP contribution in [0.2, 0.25) is 0 Å². The van der Waals surface area contributed by atoms with Crippen molar-refractivity contribution in [3.8, 4) is 0 Å². The maximum Gasteiger partial charge on any atom is 0.250 e. The Kier molecular flexibility index (Phi) is 3.98. The van der Waals surface area contributed by atoms with Gasteiger partial charge < -0.3 is 11.1 Å². The van der Waals surface area contributed by atoms with Gasteiger partial charge in [0, 0.05) is 12.2 Å². The molecule has 0 bridgehead atoms. The van der Waals surface area contributed by atoms with Crippen LogP contribution in [0, 0.1) is 0 Å². The summed E-state index contributed by atoms with van der Waals surface area (Å²) in [6, 6.07) is 7.30. The first kappa shape index (κ1) is 10.6. The summed E-state index contributed by atoms with van der Waals surface area (Å²) in [7, 11) is 0. The summed E-state index contributed by atoms with van der Waals surface area (Å²) < 4.78 is 0. The van der Waals surface area contributed by atoms with E-state index >= 15 is 0 Å². The van der Waals surface area contributed by atoms with Crippen LogP contribution in [0.5, 0.6) is 0 Å². The summed E-state index contributed by atoms with van der Waals surface area (Å²) in [4.78, 5) is 11.0. The summed E-state index contributed by atoms with van der Waals surface area (Å²) in [5.74, 6) is -0.385. The molecule has 0 aromatic heterocycles. The molecule has 14 heavy (non-hydrogen) atoms. The van der Waals surface area contributed by atoms with Gasteiger partial charge in [-0.15, -0.1) is 0 Å². The second-order valence-corrected chi connectivity index (χ2v) is 3.19. The summed E-state index contributed by atoms with van der Waals surface area (Å²) >= 11 is 0. The summed E-state index contributed by atoms with van der Waals surface area (Å²) in [6.45, 7) is 3.00. The minimum atomic E-state index is -0.385. The van der Waals surface area contributed by atoms with Gasteiger partial charge in [-0.2, -0.15) is 0 Å². The van der Waals surface area contributed by atoms with E-state index in [1.54, 1.807) is 6.07 Å². The molecule has 0 aliphatic heterocycles. The molecule has 0 aliphatic carbocycles. The van der Waals surface area contributed by atoms with Crippen LogP contribution in [0.25, 0.3) is 0 Å². The maximum absolute atomic E-state index is 11.0. The molecule has 0 heterocycles. The lowest BCUT2D eigenvalue weighted by Crippen LogP contribution is -2.14. The zero-order valence-electron chi connectivity index (χ0n) is 8.42. The second-order valence-electron chi connectivity index (χ2n) is 3.19. The number of amides is 1. The van der Waals surface area contributed by atoms with E-state index in [9.17, 15) is 4.79 Å². The van der Waals surface area contributed by atoms with Crippen LogP contribution in [-0.2, 0) is 0 Å². The topological polar surface area (TPSA) is 55.1 Å². The molecule has 0 unspecified atom stereocenters. The van der Waals surface area contributed by atoms with E-state index in [0.29, 0.717) is 5.56 Å². The van der Waals surface area contributed by atoms with Crippen LogP contribution < -0.4 is 11.1 Å². The number of para-hydroxylation sites is 1. The van der Waals surface area contributed by atoms with E-state index in [1.807, 2.05) is 18.2 Å². The first-order valence-corrected chi connectivity index (χ1v) is 4.88. The van der Waals surface area contributed by atoms with E-state index in [-0.39, 0.29) is 5.91 Å². The van der Waals surface area contributed by atoms with Crippen molar-refractivity contribution in [3.63, 3.8) is 0 Å². The highest BCUT2D eigenvalue weighted by Gasteiger charge is 2.05. The Hall–Kier alpha value is -1.51. The number of carbonyl (C=O) groups excluding carboxylic acids is 1. The third kappa shape index (κ3) is 2.76. The number of hydrogen-bond donors (Lipinski definition) is 2. The molecule has 0 radical (unpaired) electrons. The van der Waals surface area contributed by atoms with Gasteiger partial charge in [-0.3, -0.25) is 4.79 Å². The van der Waals surface area contributed by atoms with Crippen molar-refractivity contribution in [1.29, 1.82) is 0 Å². The van der Waals surface area contributed by atoms with E-state index in [1.165, 1.54) is 0 Å². The van der Waals surface area contributed by atoms with Gasteiger partial charge in [-0.25, -0.2) is 0 Å². The van der Waals surface area contributed by atoms with Crippen LogP contribution in [0.3, 0.4) is 0 Å². The molecule has 3 heteroatoms. The largest absolute Gasteiger partial charge is 0.384 e. The number of unbranched alkanes of at least 4 members (excludes halogenated alkanes) is 1. The minimum Gasteiger partial charge on any atom is -0.384 e. The molecule has 1 amide bonds. The predicted octanol–water partition coefficient (Wildman–Crippen LogP) is 2.00. The Bertz CT molecular complexity index is 310. The van der Waals surface area contributed by atoms with Crippen LogP contribution in [0.4, 0.5) is 5.69 Å². The molecule has 0 spiro atoms. The lowest BCUT2D eigenvalue weighted by Gasteiger charge is -2.08. The lowest BCUT2D eigenvalue weighted by molar-refractivity contribution is 0.100. The van der Waals surface area contributed by atoms with Crippen LogP contribution in [-0.4, -0.2) is 12.5 Å². The van der Waals surface area contributed by atoms with Crippen molar-refractivity contribution >= 4 is 11.6 Å². The lowest BCUT2D eigenvalue weighted by atomic mass is 10.1. The monoisotopic (exact) mass is 192 g/mol. The Balaban J connectivity index is 2.69. The van der Waals surface area contributed by atoms with Crippen molar-refractivity contribution in [2.24, 2.45) is 5.73 Å². The number of primary amides is 1.